The van der Waals surface area contributed by atoms with Crippen molar-refractivity contribution in [3.63, 3.8) is 0 Å². The van der Waals surface area contributed by atoms with E-state index >= 15 is 0 Å². The van der Waals surface area contributed by atoms with E-state index < -0.39 is 15.4 Å². The molecule has 2 unspecified atom stereocenters. The third-order valence-corrected chi connectivity index (χ3v) is 9.94. The Kier molecular flexibility index (Phi) is 5.25. The maximum absolute atomic E-state index is 13.8. The van der Waals surface area contributed by atoms with Gasteiger partial charge in [-0.25, -0.2) is 22.9 Å². The highest BCUT2D eigenvalue weighted by Gasteiger charge is 2.59. The van der Waals surface area contributed by atoms with Crippen molar-refractivity contribution in [3.8, 4) is 11.1 Å². The zero-order chi connectivity index (χ0) is 26.1. The number of carbonyl (C=O) groups excluding carboxylic acids is 1. The summed E-state index contributed by atoms with van der Waals surface area (Å²) >= 11 is 6.17. The van der Waals surface area contributed by atoms with Gasteiger partial charge in [-0.2, -0.15) is 5.10 Å². The molecule has 10 nitrogen and oxygen atoms in total. The predicted octanol–water partition coefficient (Wildman–Crippen LogP) is 4.05. The van der Waals surface area contributed by atoms with Gasteiger partial charge in [-0.1, -0.05) is 11.6 Å². The molecule has 4 aromatic heterocycles. The SMILES string of the molecule is O=C(Nc1ccc(-c2cnn3ccc(Cl)cc23)cn1)C1(c2cncc(NS(=O)(=O)C3CC3)n2)CC2CC2C1. The summed E-state index contributed by atoms with van der Waals surface area (Å²) in [7, 11) is -3.49. The van der Waals surface area contributed by atoms with Gasteiger partial charge in [0, 0.05) is 34.7 Å². The van der Waals surface area contributed by atoms with E-state index in [1.54, 1.807) is 41.4 Å². The van der Waals surface area contributed by atoms with Crippen molar-refractivity contribution in [1.29, 1.82) is 0 Å². The van der Waals surface area contributed by atoms with Crippen LogP contribution in [-0.2, 0) is 20.2 Å². The Labute approximate surface area is 223 Å². The van der Waals surface area contributed by atoms with Crippen molar-refractivity contribution >= 4 is 44.7 Å². The van der Waals surface area contributed by atoms with Gasteiger partial charge in [0.05, 0.1) is 34.3 Å². The Bertz CT molecular complexity index is 1670. The fourth-order valence-electron chi connectivity index (χ4n) is 5.59. The highest BCUT2D eigenvalue weighted by molar-refractivity contribution is 7.93. The van der Waals surface area contributed by atoms with Crippen LogP contribution in [0.4, 0.5) is 11.6 Å². The van der Waals surface area contributed by atoms with E-state index in [1.807, 2.05) is 12.1 Å². The van der Waals surface area contributed by atoms with E-state index in [-0.39, 0.29) is 17.0 Å². The molecule has 38 heavy (non-hydrogen) atoms. The number of rotatable bonds is 7. The lowest BCUT2D eigenvalue weighted by atomic mass is 9.79. The third-order valence-electron chi connectivity index (χ3n) is 7.86. The van der Waals surface area contributed by atoms with Gasteiger partial charge in [-0.15, -0.1) is 0 Å². The molecule has 7 rings (SSSR count). The second-order valence-electron chi connectivity index (χ2n) is 10.5. The quantitative estimate of drug-likeness (QED) is 0.355. The lowest BCUT2D eigenvalue weighted by Crippen LogP contribution is -2.40. The number of nitrogens with one attached hydrogen (secondary N) is 2. The van der Waals surface area contributed by atoms with Crippen molar-refractivity contribution in [2.75, 3.05) is 10.0 Å². The van der Waals surface area contributed by atoms with Crippen LogP contribution in [0.2, 0.25) is 5.02 Å². The average molecular weight is 550 g/mol. The van der Waals surface area contributed by atoms with E-state index in [9.17, 15) is 13.2 Å². The standard InChI is InChI=1S/C26H24ClN7O3S/c27-18-5-6-34-21(8-18)20(12-30-34)15-1-4-23(29-11-15)32-25(35)26(9-16-7-17(16)10-26)22-13-28-14-24(31-22)33-38(36,37)19-2-3-19/h1,4-6,8,11-14,16-17,19H,2-3,7,9-10H2,(H,31,33)(H,29,32,35). The minimum Gasteiger partial charge on any atom is -0.310 e. The first-order chi connectivity index (χ1) is 18.3. The molecule has 3 aliphatic rings. The Morgan fingerprint density at radius 1 is 1.05 bits per heavy atom. The summed E-state index contributed by atoms with van der Waals surface area (Å²) in [5, 5.41) is 7.58. The van der Waals surface area contributed by atoms with Gasteiger partial charge in [0.1, 0.15) is 5.82 Å². The topological polar surface area (TPSA) is 131 Å². The van der Waals surface area contributed by atoms with Gasteiger partial charge in [0.15, 0.2) is 5.82 Å². The first-order valence-corrected chi connectivity index (χ1v) is 14.5. The molecule has 4 aromatic rings. The van der Waals surface area contributed by atoms with Gasteiger partial charge < -0.3 is 5.32 Å². The highest BCUT2D eigenvalue weighted by Crippen LogP contribution is 2.60. The molecule has 0 bridgehead atoms. The number of fused-ring (bicyclic) bond motifs is 2. The van der Waals surface area contributed by atoms with E-state index in [0.717, 1.165) is 23.1 Å². The summed E-state index contributed by atoms with van der Waals surface area (Å²) in [5.74, 6) is 1.30. The van der Waals surface area contributed by atoms with Crippen LogP contribution < -0.4 is 10.0 Å². The first kappa shape index (κ1) is 23.5. The minimum atomic E-state index is -3.49. The zero-order valence-electron chi connectivity index (χ0n) is 20.2. The second-order valence-corrected chi connectivity index (χ2v) is 12.9. The summed E-state index contributed by atoms with van der Waals surface area (Å²) in [4.78, 5) is 27.1. The van der Waals surface area contributed by atoms with Crippen molar-refractivity contribution in [1.82, 2.24) is 24.6 Å². The summed E-state index contributed by atoms with van der Waals surface area (Å²) < 4.78 is 29.2. The molecule has 1 amide bonds. The summed E-state index contributed by atoms with van der Waals surface area (Å²) in [6, 6.07) is 7.25. The zero-order valence-corrected chi connectivity index (χ0v) is 21.8. The predicted molar refractivity (Wildman–Crippen MR) is 142 cm³/mol. The van der Waals surface area contributed by atoms with Gasteiger partial charge in [0.2, 0.25) is 15.9 Å². The normalized spacial score (nSPS) is 24.2. The van der Waals surface area contributed by atoms with Crippen molar-refractivity contribution in [3.05, 3.63) is 66.0 Å². The Morgan fingerprint density at radius 2 is 1.87 bits per heavy atom. The molecule has 3 aliphatic carbocycles. The van der Waals surface area contributed by atoms with Crippen LogP contribution in [-0.4, -0.2) is 44.1 Å². The van der Waals surface area contributed by atoms with E-state index in [2.05, 4.69) is 30.1 Å². The molecular weight excluding hydrogens is 526 g/mol. The number of hydrogen-bond donors (Lipinski definition) is 2. The van der Waals surface area contributed by atoms with Crippen molar-refractivity contribution < 1.29 is 13.2 Å². The van der Waals surface area contributed by atoms with Crippen LogP contribution in [0.15, 0.2) is 55.2 Å². The van der Waals surface area contributed by atoms with Crippen LogP contribution in [0, 0.1) is 11.8 Å². The molecule has 3 saturated carbocycles. The number of pyridine rings is 2. The number of nitrogens with zero attached hydrogens (tertiary/aromatic N) is 5. The first-order valence-electron chi connectivity index (χ1n) is 12.6. The van der Waals surface area contributed by atoms with Crippen molar-refractivity contribution in [2.24, 2.45) is 11.8 Å². The smallest absolute Gasteiger partial charge is 0.237 e. The Morgan fingerprint density at radius 3 is 2.61 bits per heavy atom. The number of amides is 1. The number of aromatic nitrogens is 5. The molecule has 0 spiro atoms. The van der Waals surface area contributed by atoms with E-state index in [1.165, 1.54) is 6.20 Å². The fraction of sp³-hybridized carbons (Fsp3) is 0.346. The molecule has 12 heteroatoms. The number of halogens is 1. The van der Waals surface area contributed by atoms with E-state index in [4.69, 9.17) is 11.6 Å². The summed E-state index contributed by atoms with van der Waals surface area (Å²) in [6.07, 6.45) is 11.9. The minimum absolute atomic E-state index is 0.151. The van der Waals surface area contributed by atoms with Crippen LogP contribution in [0.3, 0.4) is 0 Å². The number of sulfonamides is 1. The largest absolute Gasteiger partial charge is 0.310 e. The van der Waals surface area contributed by atoms with Crippen LogP contribution in [0.1, 0.15) is 37.8 Å². The highest BCUT2D eigenvalue weighted by atomic mass is 35.5. The molecule has 0 saturated heterocycles. The third kappa shape index (κ3) is 4.10. The lowest BCUT2D eigenvalue weighted by Gasteiger charge is -2.29. The molecule has 0 aliphatic heterocycles. The molecule has 2 atom stereocenters. The fourth-order valence-corrected chi connectivity index (χ4v) is 7.07. The van der Waals surface area contributed by atoms with Gasteiger partial charge in [0.25, 0.3) is 0 Å². The molecule has 2 N–H and O–H groups in total. The van der Waals surface area contributed by atoms with E-state index in [0.29, 0.717) is 54.1 Å². The lowest BCUT2D eigenvalue weighted by molar-refractivity contribution is -0.122. The van der Waals surface area contributed by atoms with Crippen molar-refractivity contribution in [2.45, 2.75) is 42.8 Å². The van der Waals surface area contributed by atoms with Gasteiger partial charge in [-0.05, 0) is 68.2 Å². The number of hydrogen-bond acceptors (Lipinski definition) is 7. The maximum atomic E-state index is 13.8. The van der Waals surface area contributed by atoms with Gasteiger partial charge in [-0.3, -0.25) is 14.5 Å². The van der Waals surface area contributed by atoms with Crippen LogP contribution >= 0.6 is 11.6 Å². The maximum Gasteiger partial charge on any atom is 0.237 e. The monoisotopic (exact) mass is 549 g/mol. The van der Waals surface area contributed by atoms with Gasteiger partial charge >= 0.3 is 0 Å². The summed E-state index contributed by atoms with van der Waals surface area (Å²) in [5.41, 5.74) is 2.18. The second kappa shape index (κ2) is 8.47. The molecule has 194 valence electrons. The molecule has 3 fully saturated rings. The molecule has 0 radical (unpaired) electrons. The average Bonchev–Trinajstić information content (AvgIpc) is 3.82. The Hall–Kier alpha value is -3.57. The molecule has 0 aromatic carbocycles. The molecular formula is C26H24ClN7O3S. The van der Waals surface area contributed by atoms with Crippen LogP contribution in [0.25, 0.3) is 16.6 Å². The summed E-state index contributed by atoms with van der Waals surface area (Å²) in [6.45, 7) is 0. The number of anilines is 2. The van der Waals surface area contributed by atoms with Crippen LogP contribution in [0.5, 0.6) is 0 Å². The number of carbonyl (C=O) groups is 1. The Balaban J connectivity index is 1.15. The molecule has 4 heterocycles.